The number of nitrogens with one attached hydrogen (secondary N) is 1. The second-order valence-electron chi connectivity index (χ2n) is 4.41. The van der Waals surface area contributed by atoms with Crippen molar-refractivity contribution in [3.63, 3.8) is 0 Å². The lowest BCUT2D eigenvalue weighted by atomic mass is 10.2. The summed E-state index contributed by atoms with van der Waals surface area (Å²) < 4.78 is 2.39. The fourth-order valence-corrected chi connectivity index (χ4v) is 6.06. The van der Waals surface area contributed by atoms with Gasteiger partial charge in [0, 0.05) is 11.0 Å². The zero-order valence-corrected chi connectivity index (χ0v) is 15.4. The van der Waals surface area contributed by atoms with Gasteiger partial charge >= 0.3 is 5.69 Å². The molecule has 0 unspecified atom stereocenters. The highest BCUT2D eigenvalue weighted by Crippen LogP contribution is 2.52. The van der Waals surface area contributed by atoms with E-state index in [0.717, 1.165) is 11.0 Å². The predicted octanol–water partition coefficient (Wildman–Crippen LogP) is 5.30. The van der Waals surface area contributed by atoms with E-state index >= 15 is 0 Å². The van der Waals surface area contributed by atoms with Gasteiger partial charge in [-0.1, -0.05) is 47.0 Å². The number of hydrogen-bond acceptors (Lipinski definition) is 10. The number of rotatable bonds is 5. The van der Waals surface area contributed by atoms with Crippen LogP contribution in [0, 0.1) is 20.2 Å². The van der Waals surface area contributed by atoms with Gasteiger partial charge in [0.25, 0.3) is 5.69 Å². The highest BCUT2D eigenvalue weighted by molar-refractivity contribution is 8.33. The molecule has 128 valence electrons. The Morgan fingerprint density at radius 2 is 1.80 bits per heavy atom. The first-order valence-corrected chi connectivity index (χ1v) is 9.99. The topological polar surface area (TPSA) is 111 Å². The quantitative estimate of drug-likeness (QED) is 0.391. The van der Waals surface area contributed by atoms with Crippen LogP contribution in [0.1, 0.15) is 0 Å². The molecule has 0 aliphatic carbocycles. The molecule has 0 spiro atoms. The second-order valence-corrected chi connectivity index (χ2v) is 8.72. The minimum atomic E-state index is -0.686. The number of nitro benzene ring substituents is 2. The van der Waals surface area contributed by atoms with E-state index in [9.17, 15) is 20.2 Å². The number of hydrogen-bond donors (Lipinski definition) is 1. The van der Waals surface area contributed by atoms with E-state index in [1.54, 1.807) is 53.3 Å². The minimum Gasteiger partial charge on any atom is -0.272 e. The Hall–Kier alpha value is -1.89. The number of allylic oxidation sites excluding steroid dienone is 1. The Labute approximate surface area is 158 Å². The van der Waals surface area contributed by atoms with E-state index in [1.807, 2.05) is 16.2 Å². The van der Waals surface area contributed by atoms with Crippen LogP contribution < -0.4 is 5.43 Å². The third kappa shape index (κ3) is 4.39. The van der Waals surface area contributed by atoms with Crippen molar-refractivity contribution in [2.24, 2.45) is 5.10 Å². The molecule has 2 heterocycles. The lowest BCUT2D eigenvalue weighted by Crippen LogP contribution is -1.98. The van der Waals surface area contributed by atoms with Gasteiger partial charge in [-0.2, -0.15) is 5.10 Å². The average molecular weight is 412 g/mol. The molecular formula is C13H8N4O4S4. The van der Waals surface area contributed by atoms with Crippen molar-refractivity contribution in [3.8, 4) is 0 Å². The second kappa shape index (κ2) is 7.99. The number of thioether (sulfide) groups is 4. The first-order valence-electron chi connectivity index (χ1n) is 6.54. The largest absolute Gasteiger partial charge is 0.301 e. The van der Waals surface area contributed by atoms with E-state index in [0.29, 0.717) is 0 Å². The van der Waals surface area contributed by atoms with Crippen molar-refractivity contribution in [2.75, 3.05) is 5.43 Å². The van der Waals surface area contributed by atoms with Gasteiger partial charge in [-0.05, 0) is 22.3 Å². The molecule has 8 nitrogen and oxygen atoms in total. The maximum Gasteiger partial charge on any atom is 0.301 e. The maximum atomic E-state index is 11.1. The third-order valence-electron chi connectivity index (χ3n) is 2.83. The van der Waals surface area contributed by atoms with Gasteiger partial charge in [0.15, 0.2) is 0 Å². The van der Waals surface area contributed by atoms with Gasteiger partial charge in [0.1, 0.15) is 5.69 Å². The summed E-state index contributed by atoms with van der Waals surface area (Å²) in [6.45, 7) is 0. The molecule has 1 N–H and O–H groups in total. The zero-order chi connectivity index (χ0) is 17.8. The Morgan fingerprint density at radius 1 is 1.04 bits per heavy atom. The standard InChI is InChI=1S/C13H8N4O4S4/c18-16(19)8-1-2-10(11(5-8)17(20)21)15-14-6-9-7-24-13(25-9)12-22-3-4-23-12/h1-7,15H/b14-6+. The van der Waals surface area contributed by atoms with Gasteiger partial charge in [0.2, 0.25) is 0 Å². The van der Waals surface area contributed by atoms with Crippen LogP contribution in [0.4, 0.5) is 17.1 Å². The number of hydrazone groups is 1. The van der Waals surface area contributed by atoms with Crippen molar-refractivity contribution in [1.82, 2.24) is 0 Å². The maximum absolute atomic E-state index is 11.1. The SMILES string of the molecule is O=[N+]([O-])c1ccc(N/N=C/C2=CSC(=C3SC=CS3)S2)c([N+](=O)[O-])c1. The van der Waals surface area contributed by atoms with Gasteiger partial charge in [0.05, 0.1) is 30.6 Å². The number of nitro groups is 2. The average Bonchev–Trinajstić information content (AvgIpc) is 3.26. The molecule has 0 amide bonds. The lowest BCUT2D eigenvalue weighted by Gasteiger charge is -2.02. The van der Waals surface area contributed by atoms with E-state index in [4.69, 9.17) is 0 Å². The van der Waals surface area contributed by atoms with Crippen molar-refractivity contribution < 1.29 is 9.85 Å². The van der Waals surface area contributed by atoms with Crippen LogP contribution in [0.15, 0.2) is 52.9 Å². The molecular weight excluding hydrogens is 404 g/mol. The molecule has 0 radical (unpaired) electrons. The number of non-ortho nitro benzene ring substituents is 1. The molecule has 0 saturated carbocycles. The molecule has 0 atom stereocenters. The van der Waals surface area contributed by atoms with Crippen molar-refractivity contribution in [2.45, 2.75) is 0 Å². The highest BCUT2D eigenvalue weighted by atomic mass is 32.2. The fourth-order valence-electron chi connectivity index (χ4n) is 1.76. The zero-order valence-electron chi connectivity index (χ0n) is 12.1. The minimum absolute atomic E-state index is 0.0905. The van der Waals surface area contributed by atoms with Crippen LogP contribution in [0.5, 0.6) is 0 Å². The summed E-state index contributed by atoms with van der Waals surface area (Å²) in [6, 6.07) is 3.36. The Bertz CT molecular complexity index is 856. The molecule has 12 heteroatoms. The Morgan fingerprint density at radius 3 is 2.48 bits per heavy atom. The smallest absolute Gasteiger partial charge is 0.272 e. The first kappa shape index (κ1) is 17.9. The summed E-state index contributed by atoms with van der Waals surface area (Å²) >= 11 is 6.51. The predicted molar refractivity (Wildman–Crippen MR) is 106 cm³/mol. The molecule has 0 saturated heterocycles. The van der Waals surface area contributed by atoms with Crippen LogP contribution in [0.3, 0.4) is 0 Å². The summed E-state index contributed by atoms with van der Waals surface area (Å²) in [4.78, 5) is 21.3. The Kier molecular flexibility index (Phi) is 5.73. The van der Waals surface area contributed by atoms with Crippen LogP contribution >= 0.6 is 47.0 Å². The summed E-state index contributed by atoms with van der Waals surface area (Å²) in [7, 11) is 0. The molecule has 25 heavy (non-hydrogen) atoms. The van der Waals surface area contributed by atoms with Gasteiger partial charge in [-0.25, -0.2) is 0 Å². The normalized spacial score (nSPS) is 16.6. The number of nitrogens with zero attached hydrogens (tertiary/aromatic N) is 3. The number of anilines is 1. The van der Waals surface area contributed by atoms with Crippen molar-refractivity contribution in [1.29, 1.82) is 0 Å². The monoisotopic (exact) mass is 412 g/mol. The summed E-state index contributed by atoms with van der Waals surface area (Å²) in [5.74, 6) is 0. The van der Waals surface area contributed by atoms with E-state index in [2.05, 4.69) is 10.5 Å². The molecule has 1 aromatic rings. The lowest BCUT2D eigenvalue weighted by molar-refractivity contribution is -0.393. The molecule has 2 aliphatic rings. The number of benzene rings is 1. The van der Waals surface area contributed by atoms with E-state index in [-0.39, 0.29) is 11.4 Å². The van der Waals surface area contributed by atoms with E-state index in [1.165, 1.54) is 20.6 Å². The molecule has 0 aromatic heterocycles. The van der Waals surface area contributed by atoms with E-state index < -0.39 is 15.5 Å². The molecule has 2 aliphatic heterocycles. The summed E-state index contributed by atoms with van der Waals surface area (Å²) in [5.41, 5.74) is 1.92. The third-order valence-corrected chi connectivity index (χ3v) is 7.80. The highest BCUT2D eigenvalue weighted by Gasteiger charge is 2.20. The van der Waals surface area contributed by atoms with Crippen LogP contribution in [0.2, 0.25) is 0 Å². The van der Waals surface area contributed by atoms with Gasteiger partial charge in [-0.3, -0.25) is 25.7 Å². The Balaban J connectivity index is 1.67. The van der Waals surface area contributed by atoms with Crippen molar-refractivity contribution in [3.05, 3.63) is 68.0 Å². The molecule has 0 bridgehead atoms. The molecule has 0 fully saturated rings. The van der Waals surface area contributed by atoms with Crippen LogP contribution in [-0.2, 0) is 0 Å². The van der Waals surface area contributed by atoms with Crippen LogP contribution in [0.25, 0.3) is 0 Å². The first-order chi connectivity index (χ1) is 12.0. The van der Waals surface area contributed by atoms with Crippen molar-refractivity contribution >= 4 is 70.3 Å². The summed E-state index contributed by atoms with van der Waals surface area (Å²) in [5, 5.41) is 31.8. The van der Waals surface area contributed by atoms with Gasteiger partial charge in [-0.15, -0.1) is 0 Å². The molecule has 1 aromatic carbocycles. The van der Waals surface area contributed by atoms with Crippen LogP contribution in [-0.4, -0.2) is 16.1 Å². The molecule has 3 rings (SSSR count). The summed E-state index contributed by atoms with van der Waals surface area (Å²) in [6.07, 6.45) is 1.56. The fraction of sp³-hybridized carbons (Fsp3) is 0. The van der Waals surface area contributed by atoms with Gasteiger partial charge < -0.3 is 0 Å².